The molecule has 0 aromatic rings. The van der Waals surface area contributed by atoms with Crippen LogP contribution in [0.15, 0.2) is 0 Å². The van der Waals surface area contributed by atoms with Crippen LogP contribution < -0.4 is 0 Å². The maximum absolute atomic E-state index is 2.40. The molecule has 1 saturated carbocycles. The van der Waals surface area contributed by atoms with Gasteiger partial charge in [0, 0.05) is 0 Å². The second-order valence-corrected chi connectivity index (χ2v) is 6.08. The van der Waals surface area contributed by atoms with Gasteiger partial charge >= 0.3 is 0 Å². The zero-order valence-corrected chi connectivity index (χ0v) is 9.12. The first-order valence-corrected chi connectivity index (χ1v) is 6.45. The van der Waals surface area contributed by atoms with Crippen LogP contribution in [-0.2, 0) is 0 Å². The summed E-state index contributed by atoms with van der Waals surface area (Å²) >= 11 is 2.16. The lowest BCUT2D eigenvalue weighted by atomic mass is 9.68. The quantitative estimate of drug-likeness (QED) is 0.600. The van der Waals surface area contributed by atoms with Crippen LogP contribution >= 0.6 is 11.8 Å². The van der Waals surface area contributed by atoms with Crippen LogP contribution in [0.3, 0.4) is 0 Å². The first-order chi connectivity index (χ1) is 5.72. The molecule has 70 valence electrons. The van der Waals surface area contributed by atoms with Crippen LogP contribution in [0.2, 0.25) is 0 Å². The highest BCUT2D eigenvalue weighted by atomic mass is 32.2. The number of rotatable bonds is 1. The molecule has 1 heteroatoms. The van der Waals surface area contributed by atoms with E-state index in [0.717, 1.165) is 17.3 Å². The summed E-state index contributed by atoms with van der Waals surface area (Å²) in [4.78, 5) is 0. The predicted octanol–water partition coefficient (Wildman–Crippen LogP) is 3.57. The number of thioether (sulfide) groups is 1. The van der Waals surface area contributed by atoms with E-state index in [1.165, 1.54) is 37.2 Å². The van der Waals surface area contributed by atoms with Gasteiger partial charge in [-0.1, -0.05) is 26.7 Å². The molecule has 0 aromatic carbocycles. The van der Waals surface area contributed by atoms with Crippen LogP contribution in [0.25, 0.3) is 0 Å². The van der Waals surface area contributed by atoms with Crippen molar-refractivity contribution in [3.05, 3.63) is 0 Å². The Hall–Kier alpha value is 0.350. The fourth-order valence-electron chi connectivity index (χ4n) is 2.72. The molecule has 0 aromatic heterocycles. The SMILES string of the molecule is CC(C)C1CCCC2(CSC2)C1. The molecule has 1 atom stereocenters. The molecule has 2 fully saturated rings. The maximum Gasteiger partial charge on any atom is -0.000259 e. The van der Waals surface area contributed by atoms with E-state index in [2.05, 4.69) is 25.6 Å². The Morgan fingerprint density at radius 3 is 2.58 bits per heavy atom. The third kappa shape index (κ3) is 1.53. The molecular formula is C11H20S. The molecule has 1 unspecified atom stereocenters. The summed E-state index contributed by atoms with van der Waals surface area (Å²) in [5.74, 6) is 4.90. The van der Waals surface area contributed by atoms with E-state index < -0.39 is 0 Å². The van der Waals surface area contributed by atoms with E-state index in [4.69, 9.17) is 0 Å². The van der Waals surface area contributed by atoms with Gasteiger partial charge in [0.2, 0.25) is 0 Å². The average Bonchev–Trinajstić information content (AvgIpc) is 2.02. The summed E-state index contributed by atoms with van der Waals surface area (Å²) in [6.07, 6.45) is 6.08. The summed E-state index contributed by atoms with van der Waals surface area (Å²) in [6, 6.07) is 0. The van der Waals surface area contributed by atoms with Crippen molar-refractivity contribution in [2.75, 3.05) is 11.5 Å². The summed E-state index contributed by atoms with van der Waals surface area (Å²) in [7, 11) is 0. The van der Waals surface area contributed by atoms with Crippen molar-refractivity contribution in [2.24, 2.45) is 17.3 Å². The molecule has 1 heterocycles. The minimum atomic E-state index is 0.817. The molecule has 0 bridgehead atoms. The zero-order valence-electron chi connectivity index (χ0n) is 8.31. The third-order valence-corrected chi connectivity index (χ3v) is 5.37. The molecule has 0 N–H and O–H groups in total. The Bertz CT molecular complexity index is 158. The van der Waals surface area contributed by atoms with Crippen molar-refractivity contribution < 1.29 is 0 Å². The Balaban J connectivity index is 1.94. The highest BCUT2D eigenvalue weighted by Gasteiger charge is 2.42. The van der Waals surface area contributed by atoms with Crippen LogP contribution in [0.1, 0.15) is 39.5 Å². The molecule has 0 amide bonds. The van der Waals surface area contributed by atoms with Crippen LogP contribution in [-0.4, -0.2) is 11.5 Å². The lowest BCUT2D eigenvalue weighted by molar-refractivity contribution is 0.145. The Labute approximate surface area is 80.5 Å². The minimum Gasteiger partial charge on any atom is -0.161 e. The summed E-state index contributed by atoms with van der Waals surface area (Å²) < 4.78 is 0. The first-order valence-electron chi connectivity index (χ1n) is 5.30. The van der Waals surface area contributed by atoms with E-state index in [1.807, 2.05) is 0 Å². The van der Waals surface area contributed by atoms with Crippen molar-refractivity contribution in [3.63, 3.8) is 0 Å². The van der Waals surface area contributed by atoms with Gasteiger partial charge < -0.3 is 0 Å². The van der Waals surface area contributed by atoms with E-state index in [0.29, 0.717) is 0 Å². The molecule has 1 spiro atoms. The lowest BCUT2D eigenvalue weighted by Crippen LogP contribution is -2.41. The van der Waals surface area contributed by atoms with Gasteiger partial charge in [0.05, 0.1) is 0 Å². The van der Waals surface area contributed by atoms with Crippen molar-refractivity contribution in [1.82, 2.24) is 0 Å². The molecule has 0 nitrogen and oxygen atoms in total. The largest absolute Gasteiger partial charge is 0.161 e. The van der Waals surface area contributed by atoms with Crippen LogP contribution in [0.4, 0.5) is 0 Å². The van der Waals surface area contributed by atoms with Crippen LogP contribution in [0, 0.1) is 17.3 Å². The van der Waals surface area contributed by atoms with E-state index in [1.54, 1.807) is 0 Å². The predicted molar refractivity (Wildman–Crippen MR) is 56.6 cm³/mol. The maximum atomic E-state index is 2.40. The number of hydrogen-bond acceptors (Lipinski definition) is 1. The van der Waals surface area contributed by atoms with Crippen molar-refractivity contribution in [2.45, 2.75) is 39.5 Å². The zero-order chi connectivity index (χ0) is 8.60. The fraction of sp³-hybridized carbons (Fsp3) is 1.00. The van der Waals surface area contributed by atoms with Crippen molar-refractivity contribution in [1.29, 1.82) is 0 Å². The van der Waals surface area contributed by atoms with E-state index >= 15 is 0 Å². The molecule has 1 aliphatic carbocycles. The Kier molecular flexibility index (Phi) is 2.42. The molecular weight excluding hydrogens is 164 g/mol. The first kappa shape index (κ1) is 8.93. The second kappa shape index (κ2) is 3.25. The van der Waals surface area contributed by atoms with E-state index in [9.17, 15) is 0 Å². The van der Waals surface area contributed by atoms with E-state index in [-0.39, 0.29) is 0 Å². The third-order valence-electron chi connectivity index (χ3n) is 3.74. The van der Waals surface area contributed by atoms with Crippen molar-refractivity contribution in [3.8, 4) is 0 Å². The molecule has 1 aliphatic heterocycles. The number of hydrogen-bond donors (Lipinski definition) is 0. The van der Waals surface area contributed by atoms with Crippen LogP contribution in [0.5, 0.6) is 0 Å². The minimum absolute atomic E-state index is 0.817. The van der Waals surface area contributed by atoms with Crippen molar-refractivity contribution >= 4 is 11.8 Å². The topological polar surface area (TPSA) is 0 Å². The van der Waals surface area contributed by atoms with Gasteiger partial charge in [0.1, 0.15) is 0 Å². The standard InChI is InChI=1S/C11H20S/c1-9(2)10-4-3-5-11(6-10)7-12-8-11/h9-10H,3-8H2,1-2H3. The van der Waals surface area contributed by atoms with Gasteiger partial charge in [0.15, 0.2) is 0 Å². The average molecular weight is 184 g/mol. The second-order valence-electron chi connectivity index (χ2n) is 5.09. The van der Waals surface area contributed by atoms with Gasteiger partial charge in [-0.05, 0) is 41.6 Å². The molecule has 1 saturated heterocycles. The normalized spacial score (nSPS) is 33.8. The summed E-state index contributed by atoms with van der Waals surface area (Å²) in [5, 5.41) is 0. The molecule has 0 radical (unpaired) electrons. The summed E-state index contributed by atoms with van der Waals surface area (Å²) in [5.41, 5.74) is 0.817. The van der Waals surface area contributed by atoms with Gasteiger partial charge in [-0.2, -0.15) is 11.8 Å². The van der Waals surface area contributed by atoms with Gasteiger partial charge in [-0.3, -0.25) is 0 Å². The fourth-order valence-corrected chi connectivity index (χ4v) is 4.03. The van der Waals surface area contributed by atoms with Gasteiger partial charge in [0.25, 0.3) is 0 Å². The molecule has 12 heavy (non-hydrogen) atoms. The smallest absolute Gasteiger partial charge is 0.000259 e. The Morgan fingerprint density at radius 2 is 2.08 bits per heavy atom. The lowest BCUT2D eigenvalue weighted by Gasteiger charge is -2.48. The molecule has 2 rings (SSSR count). The highest BCUT2D eigenvalue weighted by Crippen LogP contribution is 2.51. The Morgan fingerprint density at radius 1 is 1.33 bits per heavy atom. The highest BCUT2D eigenvalue weighted by molar-refractivity contribution is 8.00. The summed E-state index contributed by atoms with van der Waals surface area (Å²) in [6.45, 7) is 4.80. The molecule has 2 aliphatic rings. The monoisotopic (exact) mass is 184 g/mol. The van der Waals surface area contributed by atoms with Gasteiger partial charge in [-0.15, -0.1) is 0 Å². The van der Waals surface area contributed by atoms with Gasteiger partial charge in [-0.25, -0.2) is 0 Å².